The second-order valence-corrected chi connectivity index (χ2v) is 12.3. The predicted octanol–water partition coefficient (Wildman–Crippen LogP) is 5.76. The Kier molecular flexibility index (Phi) is 8.58. The Morgan fingerprint density at radius 2 is 1.89 bits per heavy atom. The molecule has 3 aromatic carbocycles. The summed E-state index contributed by atoms with van der Waals surface area (Å²) in [6.07, 6.45) is -4.32. The number of β-amino-alcohol motifs (C(OH)–C–C–N with tert-alkyl or cyclic N) is 1. The average Bonchev–Trinajstić information content (AvgIpc) is 3.61. The van der Waals surface area contributed by atoms with Gasteiger partial charge in [0.2, 0.25) is 0 Å². The lowest BCUT2D eigenvalue weighted by atomic mass is 9.74. The van der Waals surface area contributed by atoms with E-state index >= 15 is 0 Å². The maximum Gasteiger partial charge on any atom is 0.418 e. The fourth-order valence-corrected chi connectivity index (χ4v) is 6.04. The molecular weight excluding hydrogens is 592 g/mol. The van der Waals surface area contributed by atoms with E-state index in [9.17, 15) is 32.6 Å². The molecule has 45 heavy (non-hydrogen) atoms. The van der Waals surface area contributed by atoms with E-state index in [0.29, 0.717) is 40.8 Å². The number of anilines is 1. The number of carbonyl (C=O) groups is 1. The van der Waals surface area contributed by atoms with E-state index in [0.717, 1.165) is 17.7 Å². The molecule has 1 fully saturated rings. The van der Waals surface area contributed by atoms with Crippen LogP contribution in [0, 0.1) is 12.7 Å². The van der Waals surface area contributed by atoms with Crippen LogP contribution >= 0.6 is 0 Å². The van der Waals surface area contributed by atoms with Crippen molar-refractivity contribution in [2.75, 3.05) is 32.1 Å². The number of nitrogens with one attached hydrogen (secondary N) is 1. The van der Waals surface area contributed by atoms with Crippen LogP contribution in [0.5, 0.6) is 5.75 Å². The molecule has 1 aliphatic rings. The molecule has 0 bridgehead atoms. The lowest BCUT2D eigenvalue weighted by Crippen LogP contribution is -2.53. The first kappa shape index (κ1) is 32.2. The molecule has 8 nitrogen and oxygen atoms in total. The Bertz CT molecular complexity index is 1720. The van der Waals surface area contributed by atoms with Gasteiger partial charge in [-0.05, 0) is 79.3 Å². The van der Waals surface area contributed by atoms with Crippen LogP contribution in [0.4, 0.5) is 23.2 Å². The number of amides is 1. The topological polar surface area (TPSA) is 99.8 Å². The fraction of sp³-hybridized carbons (Fsp3) is 0.394. The van der Waals surface area contributed by atoms with E-state index in [1.807, 2.05) is 6.07 Å². The fourth-order valence-electron chi connectivity index (χ4n) is 6.04. The first-order valence-electron chi connectivity index (χ1n) is 14.5. The van der Waals surface area contributed by atoms with E-state index in [1.165, 1.54) is 33.2 Å². The van der Waals surface area contributed by atoms with Crippen LogP contribution in [-0.4, -0.2) is 75.4 Å². The molecule has 0 saturated carbocycles. The molecule has 2 heterocycles. The Hall–Kier alpha value is -4.16. The molecule has 0 spiro atoms. The highest BCUT2D eigenvalue weighted by Gasteiger charge is 2.56. The van der Waals surface area contributed by atoms with Gasteiger partial charge in [-0.1, -0.05) is 19.9 Å². The van der Waals surface area contributed by atoms with Crippen LogP contribution in [0.2, 0.25) is 0 Å². The summed E-state index contributed by atoms with van der Waals surface area (Å²) in [6, 6.07) is 14.0. The zero-order valence-corrected chi connectivity index (χ0v) is 25.5. The summed E-state index contributed by atoms with van der Waals surface area (Å²) in [6.45, 7) is 4.63. The third kappa shape index (κ3) is 6.48. The molecule has 3 N–H and O–H groups in total. The number of fused-ring (bicyclic) bond motifs is 1. The van der Waals surface area contributed by atoms with Crippen LogP contribution in [0.25, 0.3) is 16.6 Å². The van der Waals surface area contributed by atoms with Gasteiger partial charge in [0.25, 0.3) is 5.91 Å². The molecule has 1 saturated heterocycles. The SMILES string of the molecule is COc1ccc(F)cc1C(C)(C)CC(O)(CNc1cc(C)cc2c1cnn2-c1cccc(C(=O)N2CC[C@@H](O)C2)c1)C(F)(F)F. The van der Waals surface area contributed by atoms with Gasteiger partial charge in [-0.3, -0.25) is 4.79 Å². The van der Waals surface area contributed by atoms with Crippen molar-refractivity contribution in [2.24, 2.45) is 0 Å². The third-order valence-electron chi connectivity index (χ3n) is 8.35. The molecule has 1 amide bonds. The van der Waals surface area contributed by atoms with Gasteiger partial charge in [0, 0.05) is 35.3 Å². The van der Waals surface area contributed by atoms with Crippen molar-refractivity contribution in [3.63, 3.8) is 0 Å². The molecule has 1 unspecified atom stereocenters. The van der Waals surface area contributed by atoms with E-state index in [-0.39, 0.29) is 23.8 Å². The molecule has 4 aromatic rings. The lowest BCUT2D eigenvalue weighted by Gasteiger charge is -2.38. The quantitative estimate of drug-likeness (QED) is 0.204. The minimum absolute atomic E-state index is 0.202. The normalized spacial score (nSPS) is 17.0. The van der Waals surface area contributed by atoms with Crippen molar-refractivity contribution in [1.82, 2.24) is 14.7 Å². The van der Waals surface area contributed by atoms with Crippen molar-refractivity contribution >= 4 is 22.5 Å². The van der Waals surface area contributed by atoms with Crippen LogP contribution < -0.4 is 10.1 Å². The summed E-state index contributed by atoms with van der Waals surface area (Å²) in [5, 5.41) is 28.8. The molecule has 1 aromatic heterocycles. The number of aliphatic hydroxyl groups excluding tert-OH is 1. The first-order valence-corrected chi connectivity index (χ1v) is 14.5. The van der Waals surface area contributed by atoms with Crippen LogP contribution in [0.15, 0.2) is 60.8 Å². The third-order valence-corrected chi connectivity index (χ3v) is 8.35. The minimum Gasteiger partial charge on any atom is -0.496 e. The number of halogens is 4. The van der Waals surface area contributed by atoms with Gasteiger partial charge in [0.05, 0.1) is 37.2 Å². The average molecular weight is 629 g/mol. The van der Waals surface area contributed by atoms with E-state index in [4.69, 9.17) is 4.74 Å². The number of alkyl halides is 3. The summed E-state index contributed by atoms with van der Waals surface area (Å²) in [4.78, 5) is 14.6. The van der Waals surface area contributed by atoms with E-state index in [1.54, 1.807) is 46.8 Å². The zero-order valence-electron chi connectivity index (χ0n) is 25.5. The van der Waals surface area contributed by atoms with Crippen molar-refractivity contribution in [3.8, 4) is 11.4 Å². The highest BCUT2D eigenvalue weighted by molar-refractivity contribution is 5.96. The number of nitrogens with zero attached hydrogens (tertiary/aromatic N) is 3. The monoisotopic (exact) mass is 628 g/mol. The first-order chi connectivity index (χ1) is 21.1. The molecule has 240 valence electrons. The second kappa shape index (κ2) is 12.0. The summed E-state index contributed by atoms with van der Waals surface area (Å²) in [5.41, 5.74) is -1.69. The van der Waals surface area contributed by atoms with E-state index < -0.39 is 42.1 Å². The molecule has 12 heteroatoms. The van der Waals surface area contributed by atoms with Crippen molar-refractivity contribution in [1.29, 1.82) is 0 Å². The number of benzene rings is 3. The highest BCUT2D eigenvalue weighted by Crippen LogP contribution is 2.44. The molecule has 0 radical (unpaired) electrons. The summed E-state index contributed by atoms with van der Waals surface area (Å²) in [7, 11) is 1.35. The van der Waals surface area contributed by atoms with Crippen LogP contribution in [-0.2, 0) is 5.41 Å². The summed E-state index contributed by atoms with van der Waals surface area (Å²) < 4.78 is 64.5. The smallest absolute Gasteiger partial charge is 0.418 e. The minimum atomic E-state index is -5.02. The maximum atomic E-state index is 14.5. The number of likely N-dealkylation sites (tertiary alicyclic amines) is 1. The second-order valence-electron chi connectivity index (χ2n) is 12.3. The number of rotatable bonds is 9. The standard InChI is InChI=1S/C33H36F4N4O4/c1-20-12-27(38-19-32(44,33(35,36)37)18-31(2,3)26-15-22(34)8-9-29(26)45-4)25-16-39-41(28(25)13-20)23-7-5-6-21(14-23)30(43)40-11-10-24(42)17-40/h5-9,12-16,24,38,42,44H,10-11,17-19H2,1-4H3/t24-,32?/m1/s1. The molecule has 1 aliphatic heterocycles. The van der Waals surface area contributed by atoms with Crippen LogP contribution in [0.3, 0.4) is 0 Å². The number of hydrogen-bond donors (Lipinski definition) is 3. The number of aliphatic hydroxyl groups is 2. The Balaban J connectivity index is 1.44. The predicted molar refractivity (Wildman–Crippen MR) is 162 cm³/mol. The Labute approximate surface area is 258 Å². The molecular formula is C33H36F4N4O4. The Morgan fingerprint density at radius 1 is 1.13 bits per heavy atom. The number of methoxy groups -OCH3 is 1. The molecule has 2 atom stereocenters. The Morgan fingerprint density at radius 3 is 2.56 bits per heavy atom. The van der Waals surface area contributed by atoms with Gasteiger partial charge in [-0.25, -0.2) is 9.07 Å². The van der Waals surface area contributed by atoms with Gasteiger partial charge in [0.15, 0.2) is 5.60 Å². The lowest BCUT2D eigenvalue weighted by molar-refractivity contribution is -0.260. The molecule has 5 rings (SSSR count). The number of hydrogen-bond acceptors (Lipinski definition) is 6. The van der Waals surface area contributed by atoms with Gasteiger partial charge >= 0.3 is 6.18 Å². The maximum absolute atomic E-state index is 14.5. The number of aryl methyl sites for hydroxylation is 1. The van der Waals surface area contributed by atoms with Gasteiger partial charge in [-0.2, -0.15) is 18.3 Å². The summed E-state index contributed by atoms with van der Waals surface area (Å²) in [5.74, 6) is -0.624. The van der Waals surface area contributed by atoms with Gasteiger partial charge < -0.3 is 25.2 Å². The number of carbonyl (C=O) groups excluding carboxylic acids is 1. The van der Waals surface area contributed by atoms with Gasteiger partial charge in [0.1, 0.15) is 11.6 Å². The number of aromatic nitrogens is 2. The van der Waals surface area contributed by atoms with Crippen molar-refractivity contribution < 1.29 is 37.3 Å². The van der Waals surface area contributed by atoms with Crippen molar-refractivity contribution in [2.45, 2.75) is 56.9 Å². The largest absolute Gasteiger partial charge is 0.496 e. The zero-order chi connectivity index (χ0) is 32.7. The summed E-state index contributed by atoms with van der Waals surface area (Å²) >= 11 is 0. The van der Waals surface area contributed by atoms with E-state index in [2.05, 4.69) is 10.4 Å². The molecule has 0 aliphatic carbocycles. The van der Waals surface area contributed by atoms with Gasteiger partial charge in [-0.15, -0.1) is 0 Å². The highest BCUT2D eigenvalue weighted by atomic mass is 19.4. The van der Waals surface area contributed by atoms with Crippen molar-refractivity contribution in [3.05, 3.63) is 83.3 Å². The van der Waals surface area contributed by atoms with Crippen LogP contribution in [0.1, 0.15) is 48.2 Å². The number of ether oxygens (including phenoxy) is 1.